The monoisotopic (exact) mass is 426 g/mol. The fourth-order valence-corrected chi connectivity index (χ4v) is 3.40. The molecular formula is C23H30N4O4. The molecule has 0 aliphatic carbocycles. The third-order valence-electron chi connectivity index (χ3n) is 5.31. The second-order valence-corrected chi connectivity index (χ2v) is 7.70. The van der Waals surface area contributed by atoms with Crippen LogP contribution in [0.4, 0.5) is 11.4 Å². The van der Waals surface area contributed by atoms with Crippen LogP contribution in [0.1, 0.15) is 15.9 Å². The Kier molecular flexibility index (Phi) is 7.49. The molecule has 1 aliphatic rings. The van der Waals surface area contributed by atoms with Crippen LogP contribution in [0.25, 0.3) is 0 Å². The van der Waals surface area contributed by atoms with E-state index in [2.05, 4.69) is 27.5 Å². The molecule has 2 aromatic rings. The summed E-state index contributed by atoms with van der Waals surface area (Å²) in [5.74, 6) is 0.318. The highest BCUT2D eigenvalue weighted by molar-refractivity contribution is 6.10. The number of carbonyl (C=O) groups excluding carboxylic acids is 2. The van der Waals surface area contributed by atoms with Gasteiger partial charge in [0.25, 0.3) is 5.91 Å². The van der Waals surface area contributed by atoms with Crippen molar-refractivity contribution >= 4 is 23.2 Å². The fraction of sp³-hybridized carbons (Fsp3) is 0.391. The average molecular weight is 427 g/mol. The zero-order valence-corrected chi connectivity index (χ0v) is 18.5. The Morgan fingerprint density at radius 3 is 2.16 bits per heavy atom. The predicted octanol–water partition coefficient (Wildman–Crippen LogP) is 2.45. The van der Waals surface area contributed by atoms with Crippen molar-refractivity contribution in [1.82, 2.24) is 9.80 Å². The van der Waals surface area contributed by atoms with Crippen molar-refractivity contribution in [3.63, 3.8) is 0 Å². The largest absolute Gasteiger partial charge is 0.493 e. The van der Waals surface area contributed by atoms with Crippen molar-refractivity contribution in [2.45, 2.75) is 6.92 Å². The number of nitrogens with one attached hydrogen (secondary N) is 2. The van der Waals surface area contributed by atoms with E-state index in [-0.39, 0.29) is 18.4 Å². The molecule has 31 heavy (non-hydrogen) atoms. The molecule has 0 unspecified atom stereocenters. The maximum atomic E-state index is 13.0. The standard InChI is InChI=1S/C23H30N4O4/c1-16-5-7-17(8-6-16)24-23(29)18-13-20(30-3)21(31-4)14-19(18)25-22(28)15-27-11-9-26(2)10-12-27/h5-8,13-14H,9-12,15H2,1-4H3,(H,24,29)(H,25,28). The predicted molar refractivity (Wildman–Crippen MR) is 121 cm³/mol. The number of anilines is 2. The molecule has 0 bridgehead atoms. The van der Waals surface area contributed by atoms with Crippen LogP contribution in [0.15, 0.2) is 36.4 Å². The van der Waals surface area contributed by atoms with Crippen LogP contribution in [0.3, 0.4) is 0 Å². The summed E-state index contributed by atoms with van der Waals surface area (Å²) in [6, 6.07) is 10.7. The second-order valence-electron chi connectivity index (χ2n) is 7.70. The van der Waals surface area contributed by atoms with Crippen molar-refractivity contribution < 1.29 is 19.1 Å². The van der Waals surface area contributed by atoms with Gasteiger partial charge in [-0.3, -0.25) is 14.5 Å². The summed E-state index contributed by atoms with van der Waals surface area (Å²) in [6.45, 7) is 5.75. The molecular weight excluding hydrogens is 396 g/mol. The van der Waals surface area contributed by atoms with E-state index < -0.39 is 0 Å². The number of amides is 2. The van der Waals surface area contributed by atoms with Crippen LogP contribution >= 0.6 is 0 Å². The summed E-state index contributed by atoms with van der Waals surface area (Å²) in [7, 11) is 5.09. The molecule has 0 atom stereocenters. The van der Waals surface area contributed by atoms with E-state index in [0.29, 0.717) is 28.4 Å². The first-order chi connectivity index (χ1) is 14.9. The summed E-state index contributed by atoms with van der Waals surface area (Å²) >= 11 is 0. The van der Waals surface area contributed by atoms with Gasteiger partial charge in [0.2, 0.25) is 5.91 Å². The third kappa shape index (κ3) is 5.96. The smallest absolute Gasteiger partial charge is 0.257 e. The quantitative estimate of drug-likeness (QED) is 0.708. The first-order valence-electron chi connectivity index (χ1n) is 10.2. The Bertz CT molecular complexity index is 922. The van der Waals surface area contributed by atoms with Crippen molar-refractivity contribution in [1.29, 1.82) is 0 Å². The minimum absolute atomic E-state index is 0.179. The third-order valence-corrected chi connectivity index (χ3v) is 5.31. The van der Waals surface area contributed by atoms with E-state index >= 15 is 0 Å². The van der Waals surface area contributed by atoms with E-state index in [1.165, 1.54) is 14.2 Å². The van der Waals surface area contributed by atoms with Gasteiger partial charge in [-0.25, -0.2) is 0 Å². The molecule has 1 heterocycles. The van der Waals surface area contributed by atoms with Crippen molar-refractivity contribution in [3.05, 3.63) is 47.5 Å². The summed E-state index contributed by atoms with van der Waals surface area (Å²) in [5.41, 5.74) is 2.44. The average Bonchev–Trinajstić information content (AvgIpc) is 2.76. The van der Waals surface area contributed by atoms with Gasteiger partial charge >= 0.3 is 0 Å². The van der Waals surface area contributed by atoms with Gasteiger partial charge in [-0.05, 0) is 32.2 Å². The van der Waals surface area contributed by atoms with E-state index in [0.717, 1.165) is 31.7 Å². The fourth-order valence-electron chi connectivity index (χ4n) is 3.40. The molecule has 2 amide bonds. The van der Waals surface area contributed by atoms with Gasteiger partial charge in [0.15, 0.2) is 11.5 Å². The Hall–Kier alpha value is -3.10. The van der Waals surface area contributed by atoms with Crippen LogP contribution in [-0.4, -0.2) is 75.6 Å². The highest BCUT2D eigenvalue weighted by atomic mass is 16.5. The maximum Gasteiger partial charge on any atom is 0.257 e. The zero-order valence-electron chi connectivity index (χ0n) is 18.5. The highest BCUT2D eigenvalue weighted by Crippen LogP contribution is 2.34. The minimum atomic E-state index is -0.347. The lowest BCUT2D eigenvalue weighted by atomic mass is 10.1. The van der Waals surface area contributed by atoms with Crippen LogP contribution < -0.4 is 20.1 Å². The lowest BCUT2D eigenvalue weighted by Gasteiger charge is -2.31. The first-order valence-corrected chi connectivity index (χ1v) is 10.2. The van der Waals surface area contributed by atoms with Gasteiger partial charge in [-0.2, -0.15) is 0 Å². The Morgan fingerprint density at radius 1 is 0.935 bits per heavy atom. The lowest BCUT2D eigenvalue weighted by molar-refractivity contribution is -0.117. The Labute approximate surface area is 183 Å². The molecule has 3 rings (SSSR count). The van der Waals surface area contributed by atoms with Crippen molar-refractivity contribution in [2.75, 3.05) is 64.6 Å². The lowest BCUT2D eigenvalue weighted by Crippen LogP contribution is -2.47. The molecule has 8 heteroatoms. The topological polar surface area (TPSA) is 83.1 Å². The first kappa shape index (κ1) is 22.6. The van der Waals surface area contributed by atoms with Gasteiger partial charge < -0.3 is 25.0 Å². The zero-order chi connectivity index (χ0) is 22.4. The SMILES string of the molecule is COc1cc(NC(=O)CN2CCN(C)CC2)c(C(=O)Nc2ccc(C)cc2)cc1OC. The Morgan fingerprint density at radius 2 is 1.55 bits per heavy atom. The molecule has 1 fully saturated rings. The number of methoxy groups -OCH3 is 2. The number of hydrogen-bond acceptors (Lipinski definition) is 6. The summed E-state index contributed by atoms with van der Waals surface area (Å²) in [4.78, 5) is 30.1. The molecule has 0 spiro atoms. The number of carbonyl (C=O) groups is 2. The highest BCUT2D eigenvalue weighted by Gasteiger charge is 2.21. The number of hydrogen-bond donors (Lipinski definition) is 2. The van der Waals surface area contributed by atoms with E-state index in [1.807, 2.05) is 31.2 Å². The summed E-state index contributed by atoms with van der Waals surface area (Å²) < 4.78 is 10.7. The molecule has 0 radical (unpaired) electrons. The molecule has 2 N–H and O–H groups in total. The minimum Gasteiger partial charge on any atom is -0.493 e. The number of rotatable bonds is 7. The van der Waals surface area contributed by atoms with Crippen LogP contribution in [0.2, 0.25) is 0 Å². The van der Waals surface area contributed by atoms with Gasteiger partial charge in [0.05, 0.1) is 32.0 Å². The Balaban J connectivity index is 1.80. The number of benzene rings is 2. The van der Waals surface area contributed by atoms with Crippen LogP contribution in [0, 0.1) is 6.92 Å². The second kappa shape index (κ2) is 10.3. The van der Waals surface area contributed by atoms with E-state index in [1.54, 1.807) is 12.1 Å². The molecule has 0 saturated carbocycles. The van der Waals surface area contributed by atoms with Gasteiger partial charge in [-0.15, -0.1) is 0 Å². The van der Waals surface area contributed by atoms with E-state index in [9.17, 15) is 9.59 Å². The van der Waals surface area contributed by atoms with Gasteiger partial charge in [-0.1, -0.05) is 17.7 Å². The number of piperazine rings is 1. The molecule has 1 aliphatic heterocycles. The van der Waals surface area contributed by atoms with Gasteiger partial charge in [0.1, 0.15) is 0 Å². The van der Waals surface area contributed by atoms with Crippen LogP contribution in [0.5, 0.6) is 11.5 Å². The number of ether oxygens (including phenoxy) is 2. The molecule has 8 nitrogen and oxygen atoms in total. The van der Waals surface area contributed by atoms with E-state index in [4.69, 9.17) is 9.47 Å². The number of aryl methyl sites for hydroxylation is 1. The number of nitrogens with zero attached hydrogens (tertiary/aromatic N) is 2. The number of likely N-dealkylation sites (N-methyl/N-ethyl adjacent to an activating group) is 1. The summed E-state index contributed by atoms with van der Waals surface area (Å²) in [5, 5.41) is 5.75. The van der Waals surface area contributed by atoms with Crippen LogP contribution in [-0.2, 0) is 4.79 Å². The van der Waals surface area contributed by atoms with Crippen molar-refractivity contribution in [3.8, 4) is 11.5 Å². The van der Waals surface area contributed by atoms with Gasteiger partial charge in [0, 0.05) is 37.9 Å². The normalized spacial score (nSPS) is 14.7. The molecule has 166 valence electrons. The molecule has 2 aromatic carbocycles. The molecule has 0 aromatic heterocycles. The summed E-state index contributed by atoms with van der Waals surface area (Å²) in [6.07, 6.45) is 0. The maximum absolute atomic E-state index is 13.0. The molecule has 1 saturated heterocycles. The van der Waals surface area contributed by atoms with Crippen molar-refractivity contribution in [2.24, 2.45) is 0 Å².